The van der Waals surface area contributed by atoms with Crippen molar-refractivity contribution in [3.8, 4) is 0 Å². The van der Waals surface area contributed by atoms with Crippen LogP contribution in [0.4, 0.5) is 0 Å². The summed E-state index contributed by atoms with van der Waals surface area (Å²) in [7, 11) is 0. The SMILES string of the molecule is CC(C)COCCCN1C(=O)C(C(C)C)NC1C. The lowest BCUT2D eigenvalue weighted by Crippen LogP contribution is -2.35. The summed E-state index contributed by atoms with van der Waals surface area (Å²) in [6.07, 6.45) is 1.06. The molecule has 106 valence electrons. The van der Waals surface area contributed by atoms with Gasteiger partial charge in [-0.15, -0.1) is 0 Å². The minimum Gasteiger partial charge on any atom is -0.381 e. The van der Waals surface area contributed by atoms with Crippen molar-refractivity contribution >= 4 is 5.91 Å². The molecule has 4 heteroatoms. The maximum Gasteiger partial charge on any atom is 0.241 e. The fourth-order valence-electron chi connectivity index (χ4n) is 2.23. The Balaban J connectivity index is 2.27. The molecule has 1 fully saturated rings. The van der Waals surface area contributed by atoms with Crippen molar-refractivity contribution in [3.63, 3.8) is 0 Å². The van der Waals surface area contributed by atoms with Gasteiger partial charge in [0.25, 0.3) is 0 Å². The number of nitrogens with zero attached hydrogens (tertiary/aromatic N) is 1. The molecule has 0 saturated carbocycles. The van der Waals surface area contributed by atoms with E-state index in [4.69, 9.17) is 4.74 Å². The fraction of sp³-hybridized carbons (Fsp3) is 0.929. The molecule has 0 spiro atoms. The molecule has 1 amide bonds. The molecule has 1 aliphatic rings. The number of hydrogen-bond donors (Lipinski definition) is 1. The Morgan fingerprint density at radius 3 is 2.50 bits per heavy atom. The van der Waals surface area contributed by atoms with Gasteiger partial charge in [0.2, 0.25) is 5.91 Å². The van der Waals surface area contributed by atoms with Crippen LogP contribution >= 0.6 is 0 Å². The van der Waals surface area contributed by atoms with Crippen LogP contribution in [0, 0.1) is 11.8 Å². The minimum atomic E-state index is -0.0171. The van der Waals surface area contributed by atoms with E-state index in [0.717, 1.165) is 26.2 Å². The van der Waals surface area contributed by atoms with E-state index in [1.165, 1.54) is 0 Å². The van der Waals surface area contributed by atoms with Crippen molar-refractivity contribution in [2.45, 2.75) is 53.2 Å². The molecule has 0 aliphatic carbocycles. The van der Waals surface area contributed by atoms with Crippen molar-refractivity contribution in [1.29, 1.82) is 0 Å². The normalized spacial score (nSPS) is 24.6. The molecule has 0 aromatic carbocycles. The van der Waals surface area contributed by atoms with Crippen LogP contribution in [0.1, 0.15) is 41.0 Å². The molecule has 1 heterocycles. The summed E-state index contributed by atoms with van der Waals surface area (Å²) in [4.78, 5) is 14.1. The third kappa shape index (κ3) is 4.25. The molecule has 1 N–H and O–H groups in total. The zero-order chi connectivity index (χ0) is 13.7. The highest BCUT2D eigenvalue weighted by molar-refractivity contribution is 5.84. The lowest BCUT2D eigenvalue weighted by Gasteiger charge is -2.20. The first-order chi connectivity index (χ1) is 8.43. The van der Waals surface area contributed by atoms with Gasteiger partial charge in [0, 0.05) is 19.8 Å². The Morgan fingerprint density at radius 2 is 2.00 bits per heavy atom. The third-order valence-corrected chi connectivity index (χ3v) is 3.24. The smallest absolute Gasteiger partial charge is 0.241 e. The molecule has 0 bridgehead atoms. The van der Waals surface area contributed by atoms with Crippen molar-refractivity contribution in [2.24, 2.45) is 11.8 Å². The van der Waals surface area contributed by atoms with Gasteiger partial charge in [-0.05, 0) is 25.2 Å². The van der Waals surface area contributed by atoms with Gasteiger partial charge in [-0.1, -0.05) is 27.7 Å². The summed E-state index contributed by atoms with van der Waals surface area (Å²) < 4.78 is 5.54. The van der Waals surface area contributed by atoms with E-state index < -0.39 is 0 Å². The Morgan fingerprint density at radius 1 is 1.33 bits per heavy atom. The second kappa shape index (κ2) is 7.10. The standard InChI is InChI=1S/C14H28N2O2/c1-10(2)9-18-8-6-7-16-12(5)15-13(11(3)4)14(16)17/h10-13,15H,6-9H2,1-5H3. The molecule has 2 atom stereocenters. The molecule has 4 nitrogen and oxygen atoms in total. The monoisotopic (exact) mass is 256 g/mol. The average molecular weight is 256 g/mol. The fourth-order valence-corrected chi connectivity index (χ4v) is 2.23. The van der Waals surface area contributed by atoms with Gasteiger partial charge >= 0.3 is 0 Å². The van der Waals surface area contributed by atoms with E-state index in [1.807, 2.05) is 4.90 Å². The highest BCUT2D eigenvalue weighted by atomic mass is 16.5. The average Bonchev–Trinajstić information content (AvgIpc) is 2.55. The van der Waals surface area contributed by atoms with Crippen molar-refractivity contribution in [2.75, 3.05) is 19.8 Å². The highest BCUT2D eigenvalue weighted by Crippen LogP contribution is 2.16. The molecule has 1 aliphatic heterocycles. The van der Waals surface area contributed by atoms with E-state index in [9.17, 15) is 4.79 Å². The lowest BCUT2D eigenvalue weighted by atomic mass is 10.1. The Labute approximate surface area is 111 Å². The number of hydrogen-bond acceptors (Lipinski definition) is 3. The van der Waals surface area contributed by atoms with E-state index in [2.05, 4.69) is 39.9 Å². The predicted molar refractivity (Wildman–Crippen MR) is 73.2 cm³/mol. The quantitative estimate of drug-likeness (QED) is 0.707. The van der Waals surface area contributed by atoms with Crippen LogP contribution < -0.4 is 5.32 Å². The number of carbonyl (C=O) groups is 1. The maximum atomic E-state index is 12.2. The maximum absolute atomic E-state index is 12.2. The molecule has 0 aromatic heterocycles. The van der Waals surface area contributed by atoms with Crippen LogP contribution in [0.5, 0.6) is 0 Å². The van der Waals surface area contributed by atoms with Crippen LogP contribution in [-0.2, 0) is 9.53 Å². The molecule has 0 aromatic rings. The molecule has 1 saturated heterocycles. The van der Waals surface area contributed by atoms with Crippen LogP contribution in [0.25, 0.3) is 0 Å². The van der Waals surface area contributed by atoms with Gasteiger partial charge in [0.1, 0.15) is 0 Å². The highest BCUT2D eigenvalue weighted by Gasteiger charge is 2.37. The lowest BCUT2D eigenvalue weighted by molar-refractivity contribution is -0.130. The largest absolute Gasteiger partial charge is 0.381 e. The number of amides is 1. The number of rotatable bonds is 7. The Kier molecular flexibility index (Phi) is 6.09. The summed E-state index contributed by atoms with van der Waals surface area (Å²) in [5.74, 6) is 1.16. The molecule has 2 unspecified atom stereocenters. The zero-order valence-corrected chi connectivity index (χ0v) is 12.4. The third-order valence-electron chi connectivity index (χ3n) is 3.24. The second-order valence-electron chi connectivity index (χ2n) is 5.92. The van der Waals surface area contributed by atoms with Crippen molar-refractivity contribution in [1.82, 2.24) is 10.2 Å². The summed E-state index contributed by atoms with van der Waals surface area (Å²) >= 11 is 0. The van der Waals surface area contributed by atoms with Gasteiger partial charge in [-0.3, -0.25) is 10.1 Å². The zero-order valence-electron chi connectivity index (χ0n) is 12.4. The predicted octanol–water partition coefficient (Wildman–Crippen LogP) is 1.85. The summed E-state index contributed by atoms with van der Waals surface area (Å²) in [5.41, 5.74) is 0. The van der Waals surface area contributed by atoms with Gasteiger partial charge in [0.15, 0.2) is 0 Å². The van der Waals surface area contributed by atoms with Crippen molar-refractivity contribution < 1.29 is 9.53 Å². The minimum absolute atomic E-state index is 0.0171. The summed E-state index contributed by atoms with van der Waals surface area (Å²) in [6.45, 7) is 12.8. The second-order valence-corrected chi connectivity index (χ2v) is 5.92. The van der Waals surface area contributed by atoms with Crippen LogP contribution in [0.3, 0.4) is 0 Å². The molecule has 1 rings (SSSR count). The van der Waals surface area contributed by atoms with E-state index in [1.54, 1.807) is 0 Å². The number of carbonyl (C=O) groups excluding carboxylic acids is 1. The Bertz CT molecular complexity index is 267. The topological polar surface area (TPSA) is 41.6 Å². The number of ether oxygens (including phenoxy) is 1. The first-order valence-electron chi connectivity index (χ1n) is 7.07. The first kappa shape index (κ1) is 15.4. The first-order valence-corrected chi connectivity index (χ1v) is 7.07. The number of nitrogens with one attached hydrogen (secondary N) is 1. The molecular formula is C14H28N2O2. The van der Waals surface area contributed by atoms with Gasteiger partial charge in [-0.2, -0.15) is 0 Å². The van der Waals surface area contributed by atoms with E-state index >= 15 is 0 Å². The molecular weight excluding hydrogens is 228 g/mol. The van der Waals surface area contributed by atoms with Crippen LogP contribution in [-0.4, -0.2) is 42.8 Å². The molecule has 18 heavy (non-hydrogen) atoms. The Hall–Kier alpha value is -0.610. The van der Waals surface area contributed by atoms with E-state index in [-0.39, 0.29) is 18.1 Å². The van der Waals surface area contributed by atoms with Gasteiger partial charge < -0.3 is 9.64 Å². The van der Waals surface area contributed by atoms with Gasteiger partial charge in [0.05, 0.1) is 12.2 Å². The molecule has 0 radical (unpaired) electrons. The van der Waals surface area contributed by atoms with Gasteiger partial charge in [-0.25, -0.2) is 0 Å². The van der Waals surface area contributed by atoms with Crippen LogP contribution in [0.15, 0.2) is 0 Å². The van der Waals surface area contributed by atoms with Crippen molar-refractivity contribution in [3.05, 3.63) is 0 Å². The van der Waals surface area contributed by atoms with E-state index in [0.29, 0.717) is 11.8 Å². The summed E-state index contributed by atoms with van der Waals surface area (Å²) in [5, 5.41) is 3.35. The summed E-state index contributed by atoms with van der Waals surface area (Å²) in [6, 6.07) is -0.0171. The van der Waals surface area contributed by atoms with Crippen LogP contribution in [0.2, 0.25) is 0 Å².